The lowest BCUT2D eigenvalue weighted by Gasteiger charge is -2.17. The topological polar surface area (TPSA) is 44.5 Å². The molecular weight excluding hydrogens is 262 g/mol. The molecule has 2 aromatic rings. The van der Waals surface area contributed by atoms with Crippen molar-refractivity contribution in [3.63, 3.8) is 0 Å². The van der Waals surface area contributed by atoms with Crippen LogP contribution in [0.4, 0.5) is 0 Å². The van der Waals surface area contributed by atoms with Gasteiger partial charge in [-0.2, -0.15) is 0 Å². The van der Waals surface area contributed by atoms with Gasteiger partial charge in [0.05, 0.1) is 18.8 Å². The molecule has 0 radical (unpaired) electrons. The van der Waals surface area contributed by atoms with Gasteiger partial charge in [-0.3, -0.25) is 0 Å². The monoisotopic (exact) mass is 283 g/mol. The van der Waals surface area contributed by atoms with Crippen LogP contribution in [-0.2, 0) is 6.42 Å². The van der Waals surface area contributed by atoms with Crippen molar-refractivity contribution >= 4 is 0 Å². The number of hydrogen-bond acceptors (Lipinski definition) is 3. The van der Waals surface area contributed by atoms with E-state index in [-0.39, 0.29) is 12.1 Å². The average molecular weight is 283 g/mol. The Morgan fingerprint density at radius 2 is 1.95 bits per heavy atom. The molecule has 1 heterocycles. The molecule has 0 bridgehead atoms. The first kappa shape index (κ1) is 14.0. The Morgan fingerprint density at radius 3 is 2.76 bits per heavy atom. The van der Waals surface area contributed by atoms with Crippen LogP contribution in [0.2, 0.25) is 0 Å². The van der Waals surface area contributed by atoms with Crippen LogP contribution >= 0.6 is 0 Å². The van der Waals surface area contributed by atoms with Crippen LogP contribution in [0.5, 0.6) is 11.5 Å². The third-order valence-electron chi connectivity index (χ3n) is 3.67. The van der Waals surface area contributed by atoms with E-state index in [0.717, 1.165) is 35.7 Å². The van der Waals surface area contributed by atoms with Crippen molar-refractivity contribution in [2.75, 3.05) is 6.61 Å². The summed E-state index contributed by atoms with van der Waals surface area (Å²) in [5.74, 6) is 1.81. The van der Waals surface area contributed by atoms with Gasteiger partial charge in [0.1, 0.15) is 11.5 Å². The summed E-state index contributed by atoms with van der Waals surface area (Å²) in [6.07, 6.45) is 1.12. The third-order valence-corrected chi connectivity index (χ3v) is 3.67. The average Bonchev–Trinajstić information content (AvgIpc) is 2.94. The van der Waals surface area contributed by atoms with Gasteiger partial charge in [0.15, 0.2) is 0 Å². The van der Waals surface area contributed by atoms with Gasteiger partial charge in [0.25, 0.3) is 0 Å². The van der Waals surface area contributed by atoms with Crippen molar-refractivity contribution in [3.05, 3.63) is 59.2 Å². The van der Waals surface area contributed by atoms with Gasteiger partial charge in [-0.05, 0) is 37.1 Å². The number of fused-ring (bicyclic) bond motifs is 1. The minimum Gasteiger partial charge on any atom is -0.493 e. The molecule has 3 nitrogen and oxygen atoms in total. The van der Waals surface area contributed by atoms with Crippen LogP contribution in [0.3, 0.4) is 0 Å². The molecule has 3 heteroatoms. The number of rotatable bonds is 4. The molecule has 0 saturated heterocycles. The van der Waals surface area contributed by atoms with Crippen molar-refractivity contribution in [1.29, 1.82) is 0 Å². The van der Waals surface area contributed by atoms with Crippen molar-refractivity contribution < 1.29 is 9.47 Å². The molecule has 0 fully saturated rings. The minimum atomic E-state index is -0.200. The highest BCUT2D eigenvalue weighted by Crippen LogP contribution is 2.35. The van der Waals surface area contributed by atoms with E-state index in [1.54, 1.807) is 0 Å². The van der Waals surface area contributed by atoms with Crippen LogP contribution in [-0.4, -0.2) is 12.7 Å². The number of nitrogens with two attached hydrogens (primary N) is 1. The Kier molecular flexibility index (Phi) is 3.84. The fourth-order valence-electron chi connectivity index (χ4n) is 2.72. The summed E-state index contributed by atoms with van der Waals surface area (Å²) in [5, 5.41) is 0. The molecule has 1 atom stereocenters. The van der Waals surface area contributed by atoms with E-state index in [2.05, 4.69) is 12.1 Å². The molecule has 3 rings (SSSR count). The Morgan fingerprint density at radius 1 is 1.14 bits per heavy atom. The highest BCUT2D eigenvalue weighted by Gasteiger charge is 2.21. The van der Waals surface area contributed by atoms with E-state index >= 15 is 0 Å². The normalized spacial score (nSPS) is 14.7. The lowest BCUT2D eigenvalue weighted by atomic mass is 9.96. The minimum absolute atomic E-state index is 0.154. The fraction of sp³-hybridized carbons (Fsp3) is 0.333. The molecule has 2 N–H and O–H groups in total. The van der Waals surface area contributed by atoms with Gasteiger partial charge in [-0.1, -0.05) is 30.3 Å². The van der Waals surface area contributed by atoms with Gasteiger partial charge in [-0.25, -0.2) is 0 Å². The van der Waals surface area contributed by atoms with Crippen LogP contribution in [0.25, 0.3) is 0 Å². The Balaban J connectivity index is 1.92. The summed E-state index contributed by atoms with van der Waals surface area (Å²) in [5.41, 5.74) is 9.79. The fourth-order valence-corrected chi connectivity index (χ4v) is 2.72. The first-order valence-corrected chi connectivity index (χ1v) is 7.42. The van der Waals surface area contributed by atoms with Crippen LogP contribution in [0.1, 0.15) is 36.6 Å². The van der Waals surface area contributed by atoms with Gasteiger partial charge < -0.3 is 15.2 Å². The number of hydrogen-bond donors (Lipinski definition) is 1. The molecule has 0 spiro atoms. The molecule has 1 aliphatic rings. The first-order valence-electron chi connectivity index (χ1n) is 7.42. The van der Waals surface area contributed by atoms with E-state index in [4.69, 9.17) is 15.2 Å². The lowest BCUT2D eigenvalue weighted by molar-refractivity contribution is 0.242. The van der Waals surface area contributed by atoms with Crippen molar-refractivity contribution in [1.82, 2.24) is 0 Å². The van der Waals surface area contributed by atoms with Crippen molar-refractivity contribution in [2.45, 2.75) is 32.4 Å². The highest BCUT2D eigenvalue weighted by molar-refractivity contribution is 5.49. The van der Waals surface area contributed by atoms with Gasteiger partial charge in [0, 0.05) is 12.0 Å². The van der Waals surface area contributed by atoms with E-state index in [1.165, 1.54) is 5.56 Å². The van der Waals surface area contributed by atoms with Crippen molar-refractivity contribution in [2.24, 2.45) is 5.73 Å². The number of para-hydroxylation sites is 1. The largest absolute Gasteiger partial charge is 0.493 e. The second-order valence-corrected chi connectivity index (χ2v) is 5.65. The summed E-state index contributed by atoms with van der Waals surface area (Å²) >= 11 is 0. The second-order valence-electron chi connectivity index (χ2n) is 5.65. The predicted octanol–water partition coefficient (Wildman–Crippen LogP) is 3.46. The molecule has 0 aliphatic carbocycles. The zero-order valence-electron chi connectivity index (χ0n) is 12.5. The number of benzene rings is 2. The van der Waals surface area contributed by atoms with Crippen LogP contribution in [0, 0.1) is 0 Å². The second kappa shape index (κ2) is 5.78. The Labute approximate surface area is 125 Å². The Bertz CT molecular complexity index is 637. The standard InChI is InChI=1S/C18H21NO2/c1-12(2)21-15-7-3-6-14(11-15)17(19)16-8-4-5-13-9-10-20-18(13)16/h3-8,11-12,17H,9-10,19H2,1-2H3. The summed E-state index contributed by atoms with van der Waals surface area (Å²) < 4.78 is 11.5. The lowest BCUT2D eigenvalue weighted by Crippen LogP contribution is -2.13. The maximum Gasteiger partial charge on any atom is 0.127 e. The predicted molar refractivity (Wildman–Crippen MR) is 83.9 cm³/mol. The molecule has 1 aliphatic heterocycles. The van der Waals surface area contributed by atoms with E-state index in [1.807, 2.05) is 44.2 Å². The zero-order valence-corrected chi connectivity index (χ0v) is 12.5. The maximum absolute atomic E-state index is 6.45. The molecular formula is C18H21NO2. The van der Waals surface area contributed by atoms with Gasteiger partial charge in [0.2, 0.25) is 0 Å². The third kappa shape index (κ3) is 2.88. The SMILES string of the molecule is CC(C)Oc1cccc(C(N)c2cccc3c2OCC3)c1. The van der Waals surface area contributed by atoms with E-state index in [9.17, 15) is 0 Å². The highest BCUT2D eigenvalue weighted by atomic mass is 16.5. The number of ether oxygens (including phenoxy) is 2. The van der Waals surface area contributed by atoms with Gasteiger partial charge >= 0.3 is 0 Å². The smallest absolute Gasteiger partial charge is 0.127 e. The van der Waals surface area contributed by atoms with Crippen LogP contribution in [0.15, 0.2) is 42.5 Å². The van der Waals surface area contributed by atoms with E-state index in [0.29, 0.717) is 0 Å². The molecule has 0 aromatic heterocycles. The maximum atomic E-state index is 6.45. The van der Waals surface area contributed by atoms with Crippen LogP contribution < -0.4 is 15.2 Å². The summed E-state index contributed by atoms with van der Waals surface area (Å²) in [4.78, 5) is 0. The first-order chi connectivity index (χ1) is 10.1. The van der Waals surface area contributed by atoms with E-state index < -0.39 is 0 Å². The quantitative estimate of drug-likeness (QED) is 0.934. The Hall–Kier alpha value is -2.00. The molecule has 0 saturated carbocycles. The molecule has 1 unspecified atom stereocenters. The van der Waals surface area contributed by atoms with Crippen molar-refractivity contribution in [3.8, 4) is 11.5 Å². The summed E-state index contributed by atoms with van der Waals surface area (Å²) in [6.45, 7) is 4.78. The molecule has 2 aromatic carbocycles. The summed E-state index contributed by atoms with van der Waals surface area (Å²) in [6, 6.07) is 14.0. The van der Waals surface area contributed by atoms with Gasteiger partial charge in [-0.15, -0.1) is 0 Å². The summed E-state index contributed by atoms with van der Waals surface area (Å²) in [7, 11) is 0. The molecule has 0 amide bonds. The zero-order chi connectivity index (χ0) is 14.8. The molecule has 110 valence electrons. The molecule has 21 heavy (non-hydrogen) atoms.